The maximum atomic E-state index is 13.2. The molecule has 0 saturated carbocycles. The fourth-order valence-electron chi connectivity index (χ4n) is 3.31. The molecule has 2 aromatic heterocycles. The van der Waals surface area contributed by atoms with Gasteiger partial charge in [-0.15, -0.1) is 0 Å². The molecule has 0 aliphatic carbocycles. The molecule has 0 atom stereocenters. The van der Waals surface area contributed by atoms with Crippen molar-refractivity contribution in [1.82, 2.24) is 24.5 Å². The Labute approximate surface area is 180 Å². The first-order chi connectivity index (χ1) is 14.9. The Morgan fingerprint density at radius 1 is 1.23 bits per heavy atom. The van der Waals surface area contributed by atoms with Crippen molar-refractivity contribution in [3.63, 3.8) is 0 Å². The van der Waals surface area contributed by atoms with Gasteiger partial charge in [0, 0.05) is 5.39 Å². The van der Waals surface area contributed by atoms with Gasteiger partial charge in [-0.25, -0.2) is 9.48 Å². The van der Waals surface area contributed by atoms with Crippen molar-refractivity contribution in [2.75, 3.05) is 14.2 Å². The van der Waals surface area contributed by atoms with Crippen molar-refractivity contribution in [3.05, 3.63) is 69.1 Å². The number of benzene rings is 2. The molecular weight excluding hydrogens is 422 g/mol. The van der Waals surface area contributed by atoms with Crippen LogP contribution in [0, 0.1) is 4.77 Å². The monoisotopic (exact) mass is 439 g/mol. The number of carboxylic acids is 1. The van der Waals surface area contributed by atoms with E-state index in [2.05, 4.69) is 15.3 Å². The van der Waals surface area contributed by atoms with E-state index < -0.39 is 11.5 Å². The van der Waals surface area contributed by atoms with Crippen LogP contribution in [0.15, 0.2) is 47.4 Å². The Balaban J connectivity index is 1.84. The van der Waals surface area contributed by atoms with Crippen molar-refractivity contribution >= 4 is 29.0 Å². The number of methoxy groups -OCH3 is 2. The summed E-state index contributed by atoms with van der Waals surface area (Å²) in [5.74, 6) is 0.0578. The van der Waals surface area contributed by atoms with Crippen molar-refractivity contribution in [3.8, 4) is 17.2 Å². The number of carbonyl (C=O) groups is 1. The maximum absolute atomic E-state index is 13.2. The van der Waals surface area contributed by atoms with Gasteiger partial charge in [0.15, 0.2) is 22.1 Å². The number of fused-ring (bicyclic) bond motifs is 1. The van der Waals surface area contributed by atoms with Crippen LogP contribution in [0.3, 0.4) is 0 Å². The number of H-pyrrole nitrogens is 1. The Kier molecular flexibility index (Phi) is 5.26. The zero-order chi connectivity index (χ0) is 22.1. The highest BCUT2D eigenvalue weighted by Crippen LogP contribution is 2.32. The number of aromatic amines is 1. The number of aromatic nitrogens is 5. The summed E-state index contributed by atoms with van der Waals surface area (Å²) in [6, 6.07) is 9.68. The Hall–Kier alpha value is -3.99. The highest BCUT2D eigenvalue weighted by molar-refractivity contribution is 7.71. The lowest BCUT2D eigenvalue weighted by atomic mass is 10.1. The molecule has 0 amide bonds. The second-order valence-corrected chi connectivity index (χ2v) is 6.90. The van der Waals surface area contributed by atoms with Crippen LogP contribution in [0.1, 0.15) is 16.2 Å². The van der Waals surface area contributed by atoms with E-state index in [-0.39, 0.29) is 16.9 Å². The second-order valence-electron chi connectivity index (χ2n) is 6.51. The highest BCUT2D eigenvalue weighted by Gasteiger charge is 2.17. The number of hydrogen-bond acceptors (Lipinski definition) is 7. The van der Waals surface area contributed by atoms with Crippen LogP contribution in [0.2, 0.25) is 0 Å². The van der Waals surface area contributed by atoms with Gasteiger partial charge in [-0.3, -0.25) is 14.5 Å². The third kappa shape index (κ3) is 3.55. The highest BCUT2D eigenvalue weighted by atomic mass is 32.1. The molecule has 0 radical (unpaired) electrons. The summed E-state index contributed by atoms with van der Waals surface area (Å²) in [5.41, 5.74) is 0.208. The third-order valence-corrected chi connectivity index (χ3v) is 5.02. The molecule has 0 unspecified atom stereocenters. The zero-order valence-electron chi connectivity index (χ0n) is 16.5. The summed E-state index contributed by atoms with van der Waals surface area (Å²) in [7, 11) is 2.95. The molecule has 0 saturated heterocycles. The average Bonchev–Trinajstić information content (AvgIpc) is 3.14. The van der Waals surface area contributed by atoms with Crippen LogP contribution in [0.25, 0.3) is 16.5 Å². The van der Waals surface area contributed by atoms with E-state index in [9.17, 15) is 14.7 Å². The number of nitrogens with one attached hydrogen (secondary N) is 1. The first-order valence-electron chi connectivity index (χ1n) is 9.05. The number of rotatable bonds is 6. The molecule has 2 N–H and O–H groups in total. The van der Waals surface area contributed by atoms with E-state index >= 15 is 0 Å². The van der Waals surface area contributed by atoms with Crippen LogP contribution in [-0.2, 0) is 6.54 Å². The van der Waals surface area contributed by atoms with Gasteiger partial charge in [-0.1, -0.05) is 6.07 Å². The summed E-state index contributed by atoms with van der Waals surface area (Å²) >= 11 is 5.32. The molecule has 0 aliphatic heterocycles. The number of ether oxygens (including phenoxy) is 2. The lowest BCUT2D eigenvalue weighted by molar-refractivity contribution is 0.0697. The molecule has 31 heavy (non-hydrogen) atoms. The van der Waals surface area contributed by atoms with E-state index in [1.165, 1.54) is 31.0 Å². The van der Waals surface area contributed by atoms with Crippen LogP contribution in [0.5, 0.6) is 11.5 Å². The minimum atomic E-state index is -1.06. The van der Waals surface area contributed by atoms with Gasteiger partial charge >= 0.3 is 5.97 Å². The quantitative estimate of drug-likeness (QED) is 0.439. The van der Waals surface area contributed by atoms with Crippen LogP contribution in [-0.4, -0.2) is 49.8 Å². The van der Waals surface area contributed by atoms with Crippen LogP contribution >= 0.6 is 12.2 Å². The van der Waals surface area contributed by atoms with Crippen LogP contribution in [0.4, 0.5) is 0 Å². The minimum Gasteiger partial charge on any atom is -0.493 e. The van der Waals surface area contributed by atoms with Gasteiger partial charge in [0.25, 0.3) is 5.56 Å². The number of hydrogen-bond donors (Lipinski definition) is 2. The summed E-state index contributed by atoms with van der Waals surface area (Å²) < 4.78 is 13.7. The van der Waals surface area contributed by atoms with Gasteiger partial charge in [-0.05, 0) is 42.5 Å². The van der Waals surface area contributed by atoms with Crippen LogP contribution < -0.4 is 15.0 Å². The number of nitrogens with zero attached hydrogens (tertiary/aromatic N) is 4. The van der Waals surface area contributed by atoms with Crippen molar-refractivity contribution in [2.24, 2.45) is 0 Å². The van der Waals surface area contributed by atoms with E-state index in [4.69, 9.17) is 21.7 Å². The largest absolute Gasteiger partial charge is 0.493 e. The molecular formula is C20H17N5O5S. The molecule has 10 nitrogen and oxygen atoms in total. The molecule has 4 rings (SSSR count). The third-order valence-electron chi connectivity index (χ3n) is 4.75. The first-order valence-corrected chi connectivity index (χ1v) is 9.46. The summed E-state index contributed by atoms with van der Waals surface area (Å²) in [5, 5.41) is 21.3. The molecule has 11 heteroatoms. The lowest BCUT2D eigenvalue weighted by Gasteiger charge is -2.12. The average molecular weight is 439 g/mol. The van der Waals surface area contributed by atoms with Gasteiger partial charge < -0.3 is 14.6 Å². The maximum Gasteiger partial charge on any atom is 0.335 e. The fourth-order valence-corrected chi connectivity index (χ4v) is 3.57. The van der Waals surface area contributed by atoms with E-state index in [1.54, 1.807) is 35.0 Å². The van der Waals surface area contributed by atoms with Crippen molar-refractivity contribution < 1.29 is 19.4 Å². The van der Waals surface area contributed by atoms with Gasteiger partial charge in [0.1, 0.15) is 6.54 Å². The predicted molar refractivity (Wildman–Crippen MR) is 114 cm³/mol. The molecule has 2 heterocycles. The van der Waals surface area contributed by atoms with Crippen molar-refractivity contribution in [1.29, 1.82) is 0 Å². The smallest absolute Gasteiger partial charge is 0.335 e. The summed E-state index contributed by atoms with van der Waals surface area (Å²) in [6.45, 7) is -0.0143. The molecule has 4 aromatic rings. The zero-order valence-corrected chi connectivity index (χ0v) is 17.3. The number of aromatic carboxylic acids is 1. The molecule has 0 spiro atoms. The second kappa shape index (κ2) is 8.03. The van der Waals surface area contributed by atoms with Gasteiger partial charge in [-0.2, -0.15) is 10.2 Å². The Morgan fingerprint density at radius 2 is 2.03 bits per heavy atom. The van der Waals surface area contributed by atoms with Gasteiger partial charge in [0.2, 0.25) is 0 Å². The van der Waals surface area contributed by atoms with E-state index in [0.717, 1.165) is 0 Å². The Bertz CT molecular complexity index is 1420. The Morgan fingerprint density at radius 3 is 2.74 bits per heavy atom. The molecule has 0 aliphatic rings. The molecule has 158 valence electrons. The topological polar surface area (TPSA) is 124 Å². The normalized spacial score (nSPS) is 10.9. The summed E-state index contributed by atoms with van der Waals surface area (Å²) in [6.07, 6.45) is 1.55. The SMILES string of the molecule is COc1ccc2cnn(Cc3n[nH]c(=S)n3-c3cccc(C(=O)O)c3)c(=O)c2c1OC. The fraction of sp³-hybridized carbons (Fsp3) is 0.150. The van der Waals surface area contributed by atoms with Crippen molar-refractivity contribution in [2.45, 2.75) is 6.54 Å². The molecule has 2 aromatic carbocycles. The van der Waals surface area contributed by atoms with E-state index in [1.807, 2.05) is 0 Å². The van der Waals surface area contributed by atoms with Gasteiger partial charge in [0.05, 0.1) is 37.1 Å². The summed E-state index contributed by atoms with van der Waals surface area (Å²) in [4.78, 5) is 24.5. The predicted octanol–water partition coefficient (Wildman–Crippen LogP) is 2.40. The first kappa shape index (κ1) is 20.3. The standard InChI is InChI=1S/C20H17N5O5S/c1-29-14-7-6-12-9-21-24(18(26)16(12)17(14)30-2)10-15-22-23-20(31)25(15)13-5-3-4-11(8-13)19(27)28/h3-9H,10H2,1-2H3,(H,23,31)(H,27,28). The molecule has 0 fully saturated rings. The molecule has 0 bridgehead atoms. The number of carboxylic acid groups (broad SMARTS) is 1. The van der Waals surface area contributed by atoms with E-state index in [0.29, 0.717) is 33.8 Å². The lowest BCUT2D eigenvalue weighted by Crippen LogP contribution is -2.25. The minimum absolute atomic E-state index is 0.0143.